The van der Waals surface area contributed by atoms with Crippen molar-refractivity contribution in [2.45, 2.75) is 43.1 Å². The SMILES string of the molecule is O=C(CN1c2cccc3cccc(c23)S1(=O)=O)OC1CCCCC1. The van der Waals surface area contributed by atoms with Crippen molar-refractivity contribution in [3.63, 3.8) is 0 Å². The average Bonchev–Trinajstić information content (AvgIpc) is 2.79. The number of carbonyl (C=O) groups excluding carboxylic acids is 1. The third-order valence-electron chi connectivity index (χ3n) is 4.80. The summed E-state index contributed by atoms with van der Waals surface area (Å²) < 4.78 is 32.3. The highest BCUT2D eigenvalue weighted by molar-refractivity contribution is 7.93. The summed E-state index contributed by atoms with van der Waals surface area (Å²) in [5, 5.41) is 1.54. The summed E-state index contributed by atoms with van der Waals surface area (Å²) in [6.07, 6.45) is 4.96. The first-order valence-corrected chi connectivity index (χ1v) is 9.75. The number of anilines is 1. The lowest BCUT2D eigenvalue weighted by Crippen LogP contribution is -2.35. The van der Waals surface area contributed by atoms with Gasteiger partial charge >= 0.3 is 5.97 Å². The highest BCUT2D eigenvalue weighted by Gasteiger charge is 2.37. The highest BCUT2D eigenvalue weighted by atomic mass is 32.2. The van der Waals surface area contributed by atoms with Crippen LogP contribution in [-0.2, 0) is 19.6 Å². The van der Waals surface area contributed by atoms with E-state index in [0.29, 0.717) is 11.1 Å². The molecule has 2 aromatic carbocycles. The Morgan fingerprint density at radius 1 is 1.08 bits per heavy atom. The normalized spacial score (nSPS) is 19.6. The van der Waals surface area contributed by atoms with Crippen molar-refractivity contribution in [2.24, 2.45) is 0 Å². The lowest BCUT2D eigenvalue weighted by Gasteiger charge is -2.24. The van der Waals surface area contributed by atoms with Gasteiger partial charge in [0.25, 0.3) is 10.0 Å². The standard InChI is InChI=1S/C18H19NO4S/c20-17(23-14-8-2-1-3-9-14)12-19-15-10-4-6-13-7-5-11-16(18(13)15)24(19,21)22/h4-7,10-11,14H,1-3,8-9,12H2. The molecule has 1 saturated carbocycles. The van der Waals surface area contributed by atoms with Crippen molar-refractivity contribution in [2.75, 3.05) is 10.8 Å². The van der Waals surface area contributed by atoms with E-state index in [-0.39, 0.29) is 17.5 Å². The summed E-state index contributed by atoms with van der Waals surface area (Å²) in [4.78, 5) is 12.6. The maximum Gasteiger partial charge on any atom is 0.327 e. The first-order chi connectivity index (χ1) is 11.6. The van der Waals surface area contributed by atoms with Crippen molar-refractivity contribution in [3.8, 4) is 0 Å². The van der Waals surface area contributed by atoms with Gasteiger partial charge in [0.2, 0.25) is 0 Å². The number of ether oxygens (including phenoxy) is 1. The molecule has 1 aliphatic carbocycles. The minimum absolute atomic E-state index is 0.0743. The quantitative estimate of drug-likeness (QED) is 0.801. The van der Waals surface area contributed by atoms with Crippen molar-refractivity contribution >= 4 is 32.5 Å². The van der Waals surface area contributed by atoms with Gasteiger partial charge in [0.1, 0.15) is 12.6 Å². The molecule has 0 radical (unpaired) electrons. The summed E-state index contributed by atoms with van der Waals surface area (Å²) in [6, 6.07) is 10.6. The van der Waals surface area contributed by atoms with Crippen LogP contribution in [0.3, 0.4) is 0 Å². The largest absolute Gasteiger partial charge is 0.461 e. The topological polar surface area (TPSA) is 63.7 Å². The number of benzene rings is 2. The van der Waals surface area contributed by atoms with Crippen LogP contribution in [-0.4, -0.2) is 27.0 Å². The van der Waals surface area contributed by atoms with Gasteiger partial charge in [-0.1, -0.05) is 30.7 Å². The lowest BCUT2D eigenvalue weighted by atomic mass is 9.98. The van der Waals surface area contributed by atoms with E-state index < -0.39 is 16.0 Å². The summed E-state index contributed by atoms with van der Waals surface area (Å²) >= 11 is 0. The molecule has 24 heavy (non-hydrogen) atoms. The molecule has 0 bridgehead atoms. The molecule has 1 aliphatic heterocycles. The zero-order valence-corrected chi connectivity index (χ0v) is 14.1. The van der Waals surface area contributed by atoms with Gasteiger partial charge in [0.15, 0.2) is 0 Å². The molecule has 1 heterocycles. The van der Waals surface area contributed by atoms with Gasteiger partial charge in [-0.05, 0) is 43.2 Å². The summed E-state index contributed by atoms with van der Waals surface area (Å²) in [5.74, 6) is -0.477. The van der Waals surface area contributed by atoms with Crippen LogP contribution in [0.25, 0.3) is 10.8 Å². The Bertz CT molecular complexity index is 895. The molecule has 0 N–H and O–H groups in total. The van der Waals surface area contributed by atoms with E-state index in [1.54, 1.807) is 18.2 Å². The van der Waals surface area contributed by atoms with Crippen LogP contribution in [0.2, 0.25) is 0 Å². The average molecular weight is 345 g/mol. The second kappa shape index (κ2) is 5.77. The fourth-order valence-corrected chi connectivity index (χ4v) is 5.31. The molecule has 6 heteroatoms. The molecule has 0 unspecified atom stereocenters. The van der Waals surface area contributed by atoms with Crippen LogP contribution < -0.4 is 4.31 Å². The van der Waals surface area contributed by atoms with Gasteiger partial charge < -0.3 is 4.74 Å². The van der Waals surface area contributed by atoms with E-state index in [0.717, 1.165) is 31.1 Å². The summed E-state index contributed by atoms with van der Waals surface area (Å²) in [7, 11) is -3.70. The van der Waals surface area contributed by atoms with E-state index in [4.69, 9.17) is 4.74 Å². The summed E-state index contributed by atoms with van der Waals surface area (Å²) in [5.41, 5.74) is 0.559. The third-order valence-corrected chi connectivity index (χ3v) is 6.61. The van der Waals surface area contributed by atoms with Crippen molar-refractivity contribution < 1.29 is 17.9 Å². The molecule has 1 fully saturated rings. The van der Waals surface area contributed by atoms with Crippen LogP contribution in [0.1, 0.15) is 32.1 Å². The Balaban J connectivity index is 1.62. The Hall–Kier alpha value is -2.08. The fraction of sp³-hybridized carbons (Fsp3) is 0.389. The van der Waals surface area contributed by atoms with Crippen LogP contribution in [0.15, 0.2) is 41.3 Å². The molecule has 0 saturated heterocycles. The van der Waals surface area contributed by atoms with Gasteiger partial charge in [0, 0.05) is 5.39 Å². The molecule has 0 atom stereocenters. The van der Waals surface area contributed by atoms with E-state index in [1.165, 1.54) is 10.7 Å². The first-order valence-electron chi connectivity index (χ1n) is 8.31. The molecular weight excluding hydrogens is 326 g/mol. The first kappa shape index (κ1) is 15.4. The number of sulfonamides is 1. The van der Waals surface area contributed by atoms with E-state index in [9.17, 15) is 13.2 Å². The molecular formula is C18H19NO4S. The van der Waals surface area contributed by atoms with E-state index in [1.807, 2.05) is 18.2 Å². The molecule has 0 amide bonds. The highest BCUT2D eigenvalue weighted by Crippen LogP contribution is 2.41. The van der Waals surface area contributed by atoms with E-state index >= 15 is 0 Å². The Labute approximate surface area is 141 Å². The molecule has 0 aromatic heterocycles. The molecule has 4 rings (SSSR count). The monoisotopic (exact) mass is 345 g/mol. The molecule has 5 nitrogen and oxygen atoms in total. The van der Waals surface area contributed by atoms with Crippen molar-refractivity contribution in [1.82, 2.24) is 0 Å². The summed E-state index contributed by atoms with van der Waals surface area (Å²) in [6.45, 7) is -0.271. The maximum atomic E-state index is 12.8. The van der Waals surface area contributed by atoms with Crippen LogP contribution in [0.5, 0.6) is 0 Å². The van der Waals surface area contributed by atoms with Crippen molar-refractivity contribution in [1.29, 1.82) is 0 Å². The fourth-order valence-electron chi connectivity index (χ4n) is 3.65. The third kappa shape index (κ3) is 2.45. The molecule has 0 spiro atoms. The molecule has 2 aliphatic rings. The Morgan fingerprint density at radius 3 is 2.54 bits per heavy atom. The van der Waals surface area contributed by atoms with Crippen LogP contribution >= 0.6 is 0 Å². The van der Waals surface area contributed by atoms with E-state index in [2.05, 4.69) is 0 Å². The smallest absolute Gasteiger partial charge is 0.327 e. The maximum absolute atomic E-state index is 12.8. The lowest BCUT2D eigenvalue weighted by molar-refractivity contribution is -0.148. The van der Waals surface area contributed by atoms with Gasteiger partial charge in [0.05, 0.1) is 10.6 Å². The predicted molar refractivity (Wildman–Crippen MR) is 91.4 cm³/mol. The number of hydrogen-bond donors (Lipinski definition) is 0. The zero-order valence-electron chi connectivity index (χ0n) is 13.3. The van der Waals surface area contributed by atoms with Gasteiger partial charge in [-0.15, -0.1) is 0 Å². The Morgan fingerprint density at radius 2 is 1.79 bits per heavy atom. The number of nitrogens with zero attached hydrogens (tertiary/aromatic N) is 1. The van der Waals surface area contributed by atoms with Crippen molar-refractivity contribution in [3.05, 3.63) is 36.4 Å². The Kier molecular flexibility index (Phi) is 3.72. The molecule has 2 aromatic rings. The predicted octanol–water partition coefficient (Wildman–Crippen LogP) is 3.22. The number of carbonyl (C=O) groups is 1. The number of rotatable bonds is 3. The van der Waals surface area contributed by atoms with Gasteiger partial charge in [-0.25, -0.2) is 8.42 Å². The minimum Gasteiger partial charge on any atom is -0.461 e. The zero-order chi connectivity index (χ0) is 16.7. The second-order valence-corrected chi connectivity index (χ2v) is 8.22. The van der Waals surface area contributed by atoms with Gasteiger partial charge in [-0.2, -0.15) is 0 Å². The number of esters is 1. The second-order valence-electron chi connectivity index (χ2n) is 6.39. The van der Waals surface area contributed by atoms with Crippen LogP contribution in [0, 0.1) is 0 Å². The van der Waals surface area contributed by atoms with Crippen LogP contribution in [0.4, 0.5) is 5.69 Å². The number of hydrogen-bond acceptors (Lipinski definition) is 4. The molecule has 126 valence electrons. The minimum atomic E-state index is -3.70. The van der Waals surface area contributed by atoms with Gasteiger partial charge in [-0.3, -0.25) is 9.10 Å².